The lowest BCUT2D eigenvalue weighted by Gasteiger charge is -2.11. The van der Waals surface area contributed by atoms with Crippen LogP contribution in [0.4, 0.5) is 5.00 Å². The maximum Gasteiger partial charge on any atom is 0.349 e. The van der Waals surface area contributed by atoms with Gasteiger partial charge in [0, 0.05) is 11.6 Å². The number of hydrogen-bond acceptors (Lipinski definition) is 7. The van der Waals surface area contributed by atoms with E-state index in [4.69, 9.17) is 9.47 Å². The minimum Gasteiger partial charge on any atom is -0.462 e. The Bertz CT molecular complexity index is 1000. The molecule has 1 saturated carbocycles. The van der Waals surface area contributed by atoms with Gasteiger partial charge in [-0.15, -0.1) is 11.3 Å². The van der Waals surface area contributed by atoms with Crippen LogP contribution in [-0.2, 0) is 14.3 Å². The number of carbonyl (C=O) groups excluding carboxylic acids is 4. The molecular formula is C21H24N2O6S. The van der Waals surface area contributed by atoms with Gasteiger partial charge in [-0.05, 0) is 58.2 Å². The van der Waals surface area contributed by atoms with Crippen LogP contribution in [0.5, 0.6) is 0 Å². The number of Topliss-reactive ketones (excluding diaryl/α,β-unsaturated/α-hetero) is 1. The van der Waals surface area contributed by atoms with Crippen molar-refractivity contribution in [2.75, 3.05) is 11.9 Å². The van der Waals surface area contributed by atoms with E-state index in [1.165, 1.54) is 6.92 Å². The van der Waals surface area contributed by atoms with E-state index >= 15 is 0 Å². The fraction of sp³-hybridized carbons (Fsp3) is 0.429. The summed E-state index contributed by atoms with van der Waals surface area (Å²) in [6.45, 7) is 6.73. The highest BCUT2D eigenvalue weighted by Crippen LogP contribution is 2.32. The van der Waals surface area contributed by atoms with Gasteiger partial charge in [0.25, 0.3) is 0 Å². The smallest absolute Gasteiger partial charge is 0.349 e. The highest BCUT2D eigenvalue weighted by molar-refractivity contribution is 7.18. The topological polar surface area (TPSA) is 115 Å². The molecule has 1 amide bonds. The molecular weight excluding hydrogens is 408 g/mol. The highest BCUT2D eigenvalue weighted by Gasteiger charge is 2.30. The Kier molecular flexibility index (Phi) is 6.40. The SMILES string of the molecule is CCOC(=O)c1c(C)[nH]c(C(=O)[C@@H](C)OC(=O)c2ccc(NC(=O)C3CC3)s2)c1C. The number of aromatic amines is 1. The van der Waals surface area contributed by atoms with Crippen molar-refractivity contribution >= 4 is 40.0 Å². The third-order valence-corrected chi connectivity index (χ3v) is 5.80. The Labute approximate surface area is 177 Å². The molecule has 0 aliphatic heterocycles. The normalized spacial score (nSPS) is 14.1. The molecule has 9 heteroatoms. The molecule has 0 bridgehead atoms. The first-order valence-electron chi connectivity index (χ1n) is 9.75. The molecule has 1 atom stereocenters. The molecule has 160 valence electrons. The number of aromatic nitrogens is 1. The van der Waals surface area contributed by atoms with Gasteiger partial charge in [0.05, 0.1) is 22.9 Å². The quantitative estimate of drug-likeness (QED) is 0.486. The number of ketones is 1. The number of carbonyl (C=O) groups is 4. The van der Waals surface area contributed by atoms with Crippen LogP contribution in [-0.4, -0.2) is 41.3 Å². The maximum atomic E-state index is 12.8. The van der Waals surface area contributed by atoms with Gasteiger partial charge in [-0.25, -0.2) is 9.59 Å². The number of ether oxygens (including phenoxy) is 2. The van der Waals surface area contributed by atoms with E-state index in [0.29, 0.717) is 21.8 Å². The third-order valence-electron chi connectivity index (χ3n) is 4.82. The number of amides is 1. The number of nitrogens with one attached hydrogen (secondary N) is 2. The number of rotatable bonds is 8. The van der Waals surface area contributed by atoms with Crippen LogP contribution in [0.25, 0.3) is 0 Å². The minimum absolute atomic E-state index is 0.0460. The first-order valence-corrected chi connectivity index (χ1v) is 10.6. The van der Waals surface area contributed by atoms with Gasteiger partial charge >= 0.3 is 11.9 Å². The molecule has 1 fully saturated rings. The average molecular weight is 432 g/mol. The molecule has 30 heavy (non-hydrogen) atoms. The predicted molar refractivity (Wildman–Crippen MR) is 111 cm³/mol. The summed E-state index contributed by atoms with van der Waals surface area (Å²) >= 11 is 1.10. The molecule has 2 aromatic rings. The standard InChI is InChI=1S/C21H24N2O6S/c1-5-28-21(27)16-10(2)17(22-11(16)3)18(24)12(4)29-20(26)14-8-9-15(30-14)23-19(25)13-6-7-13/h8-9,12-13,22H,5-7H2,1-4H3,(H,23,25)/t12-/m1/s1. The first kappa shape index (κ1) is 21.8. The van der Waals surface area contributed by atoms with Gasteiger partial charge in [-0.2, -0.15) is 0 Å². The van der Waals surface area contributed by atoms with Crippen molar-refractivity contribution in [1.29, 1.82) is 0 Å². The van der Waals surface area contributed by atoms with Crippen molar-refractivity contribution in [1.82, 2.24) is 4.98 Å². The van der Waals surface area contributed by atoms with Crippen LogP contribution >= 0.6 is 11.3 Å². The summed E-state index contributed by atoms with van der Waals surface area (Å²) in [5, 5.41) is 3.34. The van der Waals surface area contributed by atoms with Crippen LogP contribution in [0.3, 0.4) is 0 Å². The summed E-state index contributed by atoms with van der Waals surface area (Å²) < 4.78 is 10.3. The molecule has 8 nitrogen and oxygen atoms in total. The molecule has 1 aliphatic carbocycles. The second kappa shape index (κ2) is 8.83. The number of hydrogen-bond donors (Lipinski definition) is 2. The largest absolute Gasteiger partial charge is 0.462 e. The van der Waals surface area contributed by atoms with Crippen molar-refractivity contribution in [3.63, 3.8) is 0 Å². The first-order chi connectivity index (χ1) is 14.2. The number of aryl methyl sites for hydroxylation is 1. The third kappa shape index (κ3) is 4.62. The molecule has 0 spiro atoms. The molecule has 0 saturated heterocycles. The van der Waals surface area contributed by atoms with E-state index in [-0.39, 0.29) is 29.0 Å². The fourth-order valence-corrected chi connectivity index (χ4v) is 3.86. The monoisotopic (exact) mass is 432 g/mol. The number of esters is 2. The molecule has 0 aromatic carbocycles. The molecule has 1 aliphatic rings. The van der Waals surface area contributed by atoms with Crippen molar-refractivity contribution < 1.29 is 28.7 Å². The summed E-state index contributed by atoms with van der Waals surface area (Å²) in [7, 11) is 0. The summed E-state index contributed by atoms with van der Waals surface area (Å²) in [6.07, 6.45) is 0.721. The zero-order valence-corrected chi connectivity index (χ0v) is 18.1. The zero-order chi connectivity index (χ0) is 22.0. The van der Waals surface area contributed by atoms with Gasteiger partial charge < -0.3 is 19.8 Å². The van der Waals surface area contributed by atoms with Crippen molar-refractivity contribution in [2.45, 2.75) is 46.6 Å². The highest BCUT2D eigenvalue weighted by atomic mass is 32.1. The van der Waals surface area contributed by atoms with Crippen LogP contribution in [0, 0.1) is 19.8 Å². The Balaban J connectivity index is 1.66. The summed E-state index contributed by atoms with van der Waals surface area (Å²) in [4.78, 5) is 52.3. The summed E-state index contributed by atoms with van der Waals surface area (Å²) in [5.41, 5.74) is 1.50. The molecule has 0 unspecified atom stereocenters. The summed E-state index contributed by atoms with van der Waals surface area (Å²) in [6, 6.07) is 3.19. The van der Waals surface area contributed by atoms with E-state index in [2.05, 4.69) is 10.3 Å². The zero-order valence-electron chi connectivity index (χ0n) is 17.3. The minimum atomic E-state index is -1.06. The maximum absolute atomic E-state index is 12.8. The second-order valence-corrected chi connectivity index (χ2v) is 8.27. The van der Waals surface area contributed by atoms with Gasteiger partial charge in [-0.3, -0.25) is 9.59 Å². The number of H-pyrrole nitrogens is 1. The van der Waals surface area contributed by atoms with Crippen LogP contribution in [0.1, 0.15) is 68.5 Å². The Hall–Kier alpha value is -2.94. The van der Waals surface area contributed by atoms with Crippen molar-refractivity contribution in [2.24, 2.45) is 5.92 Å². The fourth-order valence-electron chi connectivity index (χ4n) is 3.07. The van der Waals surface area contributed by atoms with E-state index in [1.54, 1.807) is 32.9 Å². The molecule has 2 heterocycles. The van der Waals surface area contributed by atoms with E-state index in [1.807, 2.05) is 0 Å². The molecule has 2 N–H and O–H groups in total. The lowest BCUT2D eigenvalue weighted by molar-refractivity contribution is -0.117. The van der Waals surface area contributed by atoms with Crippen molar-refractivity contribution in [3.05, 3.63) is 39.5 Å². The molecule has 3 rings (SSSR count). The predicted octanol–water partition coefficient (Wildman–Crippen LogP) is 3.65. The average Bonchev–Trinajstić information content (AvgIpc) is 3.37. The van der Waals surface area contributed by atoms with Gasteiger partial charge in [0.1, 0.15) is 4.88 Å². The van der Waals surface area contributed by atoms with E-state index < -0.39 is 23.8 Å². The van der Waals surface area contributed by atoms with Crippen LogP contribution in [0.15, 0.2) is 12.1 Å². The Morgan fingerprint density at radius 1 is 1.20 bits per heavy atom. The Morgan fingerprint density at radius 3 is 2.53 bits per heavy atom. The van der Waals surface area contributed by atoms with Crippen LogP contribution < -0.4 is 5.32 Å². The van der Waals surface area contributed by atoms with E-state index in [9.17, 15) is 19.2 Å². The number of thiophene rings is 1. The van der Waals surface area contributed by atoms with Gasteiger partial charge in [0.2, 0.25) is 11.7 Å². The van der Waals surface area contributed by atoms with E-state index in [0.717, 1.165) is 24.2 Å². The number of anilines is 1. The molecule has 2 aromatic heterocycles. The van der Waals surface area contributed by atoms with Gasteiger partial charge in [0.15, 0.2) is 6.10 Å². The summed E-state index contributed by atoms with van der Waals surface area (Å²) in [5.74, 6) is -1.59. The van der Waals surface area contributed by atoms with Gasteiger partial charge in [-0.1, -0.05) is 0 Å². The molecule has 0 radical (unpaired) electrons. The second-order valence-electron chi connectivity index (χ2n) is 7.18. The Morgan fingerprint density at radius 2 is 1.90 bits per heavy atom. The lowest BCUT2D eigenvalue weighted by Crippen LogP contribution is -2.25. The van der Waals surface area contributed by atoms with Crippen LogP contribution in [0.2, 0.25) is 0 Å². The van der Waals surface area contributed by atoms with Crippen molar-refractivity contribution in [3.8, 4) is 0 Å². The lowest BCUT2D eigenvalue weighted by atomic mass is 10.1.